The first kappa shape index (κ1) is 8.28. The van der Waals surface area contributed by atoms with Crippen LogP contribution >= 0.6 is 0 Å². The highest BCUT2D eigenvalue weighted by molar-refractivity contribution is 5.06. The molecule has 0 rings (SSSR count). The fraction of sp³-hybridized carbons (Fsp3) is 0.500. The Labute approximate surface area is 57.3 Å². The summed E-state index contributed by atoms with van der Waals surface area (Å²) in [4.78, 5) is 0. The Balaban J connectivity index is 3.35. The molecule has 9 heavy (non-hydrogen) atoms. The van der Waals surface area contributed by atoms with Gasteiger partial charge in [0.25, 0.3) is 0 Å². The van der Waals surface area contributed by atoms with Crippen LogP contribution in [0.3, 0.4) is 0 Å². The molecule has 0 aromatic heterocycles. The van der Waals surface area contributed by atoms with Gasteiger partial charge in [-0.15, -0.1) is 0 Å². The van der Waals surface area contributed by atoms with Crippen molar-refractivity contribution in [1.29, 1.82) is 0 Å². The maximum absolute atomic E-state index is 5.38. The van der Waals surface area contributed by atoms with Crippen molar-refractivity contribution in [1.82, 2.24) is 0 Å². The monoisotopic (exact) mass is 125 g/mol. The summed E-state index contributed by atoms with van der Waals surface area (Å²) < 4.78 is 0. The van der Waals surface area contributed by atoms with Gasteiger partial charge in [-0.3, -0.25) is 0 Å². The van der Waals surface area contributed by atoms with Crippen LogP contribution in [-0.4, -0.2) is 0 Å². The van der Waals surface area contributed by atoms with Crippen molar-refractivity contribution in [3.8, 4) is 0 Å². The Morgan fingerprint density at radius 2 is 2.22 bits per heavy atom. The highest BCUT2D eigenvalue weighted by atomic mass is 14.5. The normalized spacial score (nSPS) is 12.9. The van der Waals surface area contributed by atoms with E-state index in [0.717, 1.165) is 12.1 Å². The molecule has 0 spiro atoms. The quantitative estimate of drug-likeness (QED) is 0.575. The molecule has 0 fully saturated rings. The smallest absolute Gasteiger partial charge is 0.00487 e. The van der Waals surface area contributed by atoms with Crippen LogP contribution in [0.5, 0.6) is 0 Å². The van der Waals surface area contributed by atoms with Crippen LogP contribution in [-0.2, 0) is 0 Å². The Hall–Kier alpha value is -0.720. The van der Waals surface area contributed by atoms with Gasteiger partial charge in [-0.05, 0) is 19.4 Å². The molecule has 0 aliphatic rings. The van der Waals surface area contributed by atoms with Gasteiger partial charge in [0.15, 0.2) is 0 Å². The van der Waals surface area contributed by atoms with Gasteiger partial charge in [-0.25, -0.2) is 0 Å². The lowest BCUT2D eigenvalue weighted by Gasteiger charge is -1.83. The van der Waals surface area contributed by atoms with E-state index in [9.17, 15) is 0 Å². The van der Waals surface area contributed by atoms with E-state index in [1.54, 1.807) is 0 Å². The summed E-state index contributed by atoms with van der Waals surface area (Å²) in [6, 6.07) is 0. The van der Waals surface area contributed by atoms with E-state index in [4.69, 9.17) is 5.73 Å². The average molecular weight is 125 g/mol. The molecule has 0 aromatic rings. The number of hydrogen-bond acceptors (Lipinski definition) is 1. The van der Waals surface area contributed by atoms with Crippen LogP contribution in [0.2, 0.25) is 0 Å². The first-order valence-corrected chi connectivity index (χ1v) is 3.36. The lowest BCUT2D eigenvalue weighted by molar-refractivity contribution is 0.958. The summed E-state index contributed by atoms with van der Waals surface area (Å²) in [6.45, 7) is 4.04. The zero-order valence-corrected chi connectivity index (χ0v) is 6.22. The molecule has 0 aliphatic heterocycles. The molecule has 0 amide bonds. The van der Waals surface area contributed by atoms with Crippen LogP contribution in [0.25, 0.3) is 0 Å². The molecule has 0 saturated carbocycles. The number of rotatable bonds is 3. The maximum Gasteiger partial charge on any atom is 0.00487 e. The second kappa shape index (κ2) is 5.42. The molecule has 1 heteroatoms. The molecule has 0 unspecified atom stereocenters. The molecule has 0 bridgehead atoms. The fourth-order valence-corrected chi connectivity index (χ4v) is 0.483. The summed E-state index contributed by atoms with van der Waals surface area (Å²) in [7, 11) is 0. The van der Waals surface area contributed by atoms with Crippen LogP contribution in [0.15, 0.2) is 23.9 Å². The van der Waals surface area contributed by atoms with E-state index >= 15 is 0 Å². The van der Waals surface area contributed by atoms with E-state index in [1.165, 1.54) is 6.42 Å². The van der Waals surface area contributed by atoms with Gasteiger partial charge < -0.3 is 5.73 Å². The minimum atomic E-state index is 0.863. The van der Waals surface area contributed by atoms with Crippen LogP contribution < -0.4 is 5.73 Å². The van der Waals surface area contributed by atoms with Crippen LogP contribution in [0.4, 0.5) is 0 Å². The molecule has 0 aromatic carbocycles. The number of allylic oxidation sites excluding steroid dienone is 4. The molecule has 0 radical (unpaired) electrons. The van der Waals surface area contributed by atoms with Crippen LogP contribution in [0, 0.1) is 0 Å². The summed E-state index contributed by atoms with van der Waals surface area (Å²) in [5.74, 6) is 0. The van der Waals surface area contributed by atoms with Crippen molar-refractivity contribution in [2.75, 3.05) is 0 Å². The van der Waals surface area contributed by atoms with Crippen molar-refractivity contribution in [3.05, 3.63) is 23.9 Å². The molecule has 0 aliphatic carbocycles. The third-order valence-corrected chi connectivity index (χ3v) is 0.951. The van der Waals surface area contributed by atoms with Crippen molar-refractivity contribution in [3.63, 3.8) is 0 Å². The van der Waals surface area contributed by atoms with Gasteiger partial charge in [0.1, 0.15) is 0 Å². The second-order valence-electron chi connectivity index (χ2n) is 2.13. The lowest BCUT2D eigenvalue weighted by Crippen LogP contribution is -1.87. The van der Waals surface area contributed by atoms with Gasteiger partial charge in [-0.1, -0.05) is 25.5 Å². The van der Waals surface area contributed by atoms with Gasteiger partial charge >= 0.3 is 0 Å². The molecule has 52 valence electrons. The fourth-order valence-electron chi connectivity index (χ4n) is 0.483. The SMILES string of the molecule is CCC/C=C\C=C(\C)N. The minimum absolute atomic E-state index is 0.863. The van der Waals surface area contributed by atoms with Gasteiger partial charge in [0, 0.05) is 5.70 Å². The highest BCUT2D eigenvalue weighted by Gasteiger charge is 1.71. The van der Waals surface area contributed by atoms with Crippen molar-refractivity contribution in [2.45, 2.75) is 26.7 Å². The Morgan fingerprint density at radius 1 is 1.56 bits per heavy atom. The molecule has 0 heterocycles. The van der Waals surface area contributed by atoms with E-state index < -0.39 is 0 Å². The highest BCUT2D eigenvalue weighted by Crippen LogP contribution is 1.89. The van der Waals surface area contributed by atoms with Crippen LogP contribution in [0.1, 0.15) is 26.7 Å². The topological polar surface area (TPSA) is 26.0 Å². The van der Waals surface area contributed by atoms with Gasteiger partial charge in [0.05, 0.1) is 0 Å². The standard InChI is InChI=1S/C8H15N/c1-3-4-5-6-7-8(2)9/h5-7H,3-4,9H2,1-2H3/b6-5-,8-7-. The largest absolute Gasteiger partial charge is 0.402 e. The maximum atomic E-state index is 5.38. The van der Waals surface area contributed by atoms with Crippen molar-refractivity contribution >= 4 is 0 Å². The van der Waals surface area contributed by atoms with E-state index in [0.29, 0.717) is 0 Å². The number of nitrogens with two attached hydrogens (primary N) is 1. The molecule has 0 saturated heterocycles. The molecule has 0 atom stereocenters. The number of unbranched alkanes of at least 4 members (excludes halogenated alkanes) is 1. The molecular weight excluding hydrogens is 110 g/mol. The average Bonchev–Trinajstić information content (AvgIpc) is 1.80. The Morgan fingerprint density at radius 3 is 2.67 bits per heavy atom. The second-order valence-corrected chi connectivity index (χ2v) is 2.13. The summed E-state index contributed by atoms with van der Waals surface area (Å²) in [6.07, 6.45) is 8.38. The van der Waals surface area contributed by atoms with Gasteiger partial charge in [0.2, 0.25) is 0 Å². The zero-order valence-electron chi connectivity index (χ0n) is 6.22. The van der Waals surface area contributed by atoms with E-state index in [1.807, 2.05) is 19.1 Å². The predicted molar refractivity (Wildman–Crippen MR) is 42.0 cm³/mol. The Kier molecular flexibility index (Phi) is 4.98. The third-order valence-electron chi connectivity index (χ3n) is 0.951. The summed E-state index contributed by atoms with van der Waals surface area (Å²) in [5, 5.41) is 0. The predicted octanol–water partition coefficient (Wildman–Crippen LogP) is 2.21. The lowest BCUT2D eigenvalue weighted by atomic mass is 10.3. The zero-order chi connectivity index (χ0) is 7.11. The van der Waals surface area contributed by atoms with Crippen molar-refractivity contribution < 1.29 is 0 Å². The molecular formula is C8H15N. The molecule has 2 N–H and O–H groups in total. The van der Waals surface area contributed by atoms with E-state index in [2.05, 4.69) is 13.0 Å². The minimum Gasteiger partial charge on any atom is -0.402 e. The molecule has 1 nitrogen and oxygen atoms in total. The summed E-state index contributed by atoms with van der Waals surface area (Å²) in [5.41, 5.74) is 6.25. The first-order chi connectivity index (χ1) is 4.27. The summed E-state index contributed by atoms with van der Waals surface area (Å²) >= 11 is 0. The van der Waals surface area contributed by atoms with Gasteiger partial charge in [-0.2, -0.15) is 0 Å². The third kappa shape index (κ3) is 7.28. The number of hydrogen-bond donors (Lipinski definition) is 1. The first-order valence-electron chi connectivity index (χ1n) is 3.36. The van der Waals surface area contributed by atoms with Crippen molar-refractivity contribution in [2.24, 2.45) is 5.73 Å². The van der Waals surface area contributed by atoms with E-state index in [-0.39, 0.29) is 0 Å². The Bertz CT molecular complexity index is 108.